The Bertz CT molecular complexity index is 736. The molecule has 6 heteroatoms. The summed E-state index contributed by atoms with van der Waals surface area (Å²) in [6, 6.07) is 12.4. The number of anilines is 2. The Morgan fingerprint density at radius 2 is 2.00 bits per heavy atom. The molecule has 0 aliphatic carbocycles. The van der Waals surface area contributed by atoms with Crippen molar-refractivity contribution in [3.05, 3.63) is 54.0 Å². The summed E-state index contributed by atoms with van der Waals surface area (Å²) < 4.78 is 13.3. The predicted octanol–water partition coefficient (Wildman–Crippen LogP) is 3.27. The molecule has 0 radical (unpaired) electrons. The van der Waals surface area contributed by atoms with Gasteiger partial charge in [-0.1, -0.05) is 24.3 Å². The highest BCUT2D eigenvalue weighted by molar-refractivity contribution is 5.90. The normalized spacial score (nSPS) is 17.7. The minimum atomic E-state index is -0.487. The molecular weight excluding hydrogens is 307 g/mol. The minimum Gasteiger partial charge on any atom is -0.350 e. The first-order valence-corrected chi connectivity index (χ1v) is 8.05. The van der Waals surface area contributed by atoms with Gasteiger partial charge in [-0.2, -0.15) is 4.39 Å². The highest BCUT2D eigenvalue weighted by Crippen LogP contribution is 2.20. The second-order valence-corrected chi connectivity index (χ2v) is 6.05. The summed E-state index contributed by atoms with van der Waals surface area (Å²) in [6.45, 7) is 5.74. The number of nitrogens with zero attached hydrogens (tertiary/aromatic N) is 3. The SMILES string of the molecule is Cc1ccccc1NC(=O)N1CCN(c2cccc(F)n2)C(C)C1. The Kier molecular flexibility index (Phi) is 4.64. The maximum Gasteiger partial charge on any atom is 0.321 e. The fourth-order valence-corrected chi connectivity index (χ4v) is 2.95. The molecule has 5 nitrogen and oxygen atoms in total. The number of nitrogens with one attached hydrogen (secondary N) is 1. The molecule has 0 bridgehead atoms. The van der Waals surface area contributed by atoms with Gasteiger partial charge < -0.3 is 15.1 Å². The van der Waals surface area contributed by atoms with Crippen molar-refractivity contribution in [1.29, 1.82) is 0 Å². The molecule has 1 unspecified atom stereocenters. The highest BCUT2D eigenvalue weighted by Gasteiger charge is 2.27. The molecule has 0 spiro atoms. The Labute approximate surface area is 141 Å². The number of pyridine rings is 1. The van der Waals surface area contributed by atoms with Gasteiger partial charge in [0.2, 0.25) is 5.95 Å². The van der Waals surface area contributed by atoms with Crippen molar-refractivity contribution in [2.24, 2.45) is 0 Å². The Morgan fingerprint density at radius 3 is 2.71 bits per heavy atom. The van der Waals surface area contributed by atoms with E-state index in [0.29, 0.717) is 25.5 Å². The van der Waals surface area contributed by atoms with Crippen LogP contribution in [0.2, 0.25) is 0 Å². The van der Waals surface area contributed by atoms with Crippen molar-refractivity contribution >= 4 is 17.5 Å². The number of carbonyl (C=O) groups excluding carboxylic acids is 1. The fourth-order valence-electron chi connectivity index (χ4n) is 2.95. The van der Waals surface area contributed by atoms with E-state index in [0.717, 1.165) is 11.3 Å². The van der Waals surface area contributed by atoms with Gasteiger partial charge in [0.1, 0.15) is 5.82 Å². The van der Waals surface area contributed by atoms with Crippen LogP contribution in [-0.2, 0) is 0 Å². The van der Waals surface area contributed by atoms with Crippen LogP contribution in [0, 0.1) is 12.9 Å². The lowest BCUT2D eigenvalue weighted by Gasteiger charge is -2.40. The molecule has 1 fully saturated rings. The number of carbonyl (C=O) groups is 1. The average Bonchev–Trinajstić information content (AvgIpc) is 2.56. The van der Waals surface area contributed by atoms with Crippen LogP contribution in [0.1, 0.15) is 12.5 Å². The second kappa shape index (κ2) is 6.86. The van der Waals surface area contributed by atoms with Gasteiger partial charge in [0.15, 0.2) is 0 Å². The summed E-state index contributed by atoms with van der Waals surface area (Å²) in [5.41, 5.74) is 1.85. The molecule has 1 N–H and O–H groups in total. The van der Waals surface area contributed by atoms with E-state index < -0.39 is 5.95 Å². The lowest BCUT2D eigenvalue weighted by Crippen LogP contribution is -2.55. The third-order valence-corrected chi connectivity index (χ3v) is 4.30. The summed E-state index contributed by atoms with van der Waals surface area (Å²) in [5, 5.41) is 2.96. The number of hydrogen-bond donors (Lipinski definition) is 1. The first-order chi connectivity index (χ1) is 11.5. The number of hydrogen-bond acceptors (Lipinski definition) is 3. The van der Waals surface area contributed by atoms with Crippen molar-refractivity contribution in [3.63, 3.8) is 0 Å². The smallest absolute Gasteiger partial charge is 0.321 e. The molecule has 1 aromatic carbocycles. The number of halogens is 1. The third-order valence-electron chi connectivity index (χ3n) is 4.30. The Balaban J connectivity index is 1.65. The highest BCUT2D eigenvalue weighted by atomic mass is 19.1. The Hall–Kier alpha value is -2.63. The zero-order valence-electron chi connectivity index (χ0n) is 13.9. The average molecular weight is 328 g/mol. The third kappa shape index (κ3) is 3.48. The largest absolute Gasteiger partial charge is 0.350 e. The Morgan fingerprint density at radius 1 is 1.21 bits per heavy atom. The first kappa shape index (κ1) is 16.2. The quantitative estimate of drug-likeness (QED) is 0.861. The van der Waals surface area contributed by atoms with E-state index in [9.17, 15) is 9.18 Å². The van der Waals surface area contributed by atoms with Crippen LogP contribution < -0.4 is 10.2 Å². The molecule has 24 heavy (non-hydrogen) atoms. The molecule has 3 rings (SSSR count). The van der Waals surface area contributed by atoms with Crippen molar-refractivity contribution < 1.29 is 9.18 Å². The molecule has 126 valence electrons. The monoisotopic (exact) mass is 328 g/mol. The van der Waals surface area contributed by atoms with Crippen LogP contribution >= 0.6 is 0 Å². The molecule has 1 aliphatic heterocycles. The second-order valence-electron chi connectivity index (χ2n) is 6.05. The molecule has 0 saturated carbocycles. The summed E-state index contributed by atoms with van der Waals surface area (Å²) in [4.78, 5) is 20.2. The lowest BCUT2D eigenvalue weighted by molar-refractivity contribution is 0.200. The van der Waals surface area contributed by atoms with E-state index in [2.05, 4.69) is 10.3 Å². The molecule has 1 aromatic heterocycles. The summed E-state index contributed by atoms with van der Waals surface area (Å²) >= 11 is 0. The van der Waals surface area contributed by atoms with Crippen LogP contribution in [0.5, 0.6) is 0 Å². The van der Waals surface area contributed by atoms with E-state index in [1.807, 2.05) is 43.0 Å². The molecule has 2 amide bonds. The zero-order chi connectivity index (χ0) is 17.1. The minimum absolute atomic E-state index is 0.0654. The topological polar surface area (TPSA) is 48.5 Å². The maximum atomic E-state index is 13.3. The van der Waals surface area contributed by atoms with E-state index in [-0.39, 0.29) is 12.1 Å². The zero-order valence-corrected chi connectivity index (χ0v) is 13.9. The summed E-state index contributed by atoms with van der Waals surface area (Å²) in [7, 11) is 0. The van der Waals surface area contributed by atoms with Crippen molar-refractivity contribution in [1.82, 2.24) is 9.88 Å². The van der Waals surface area contributed by atoms with Crippen molar-refractivity contribution in [3.8, 4) is 0 Å². The van der Waals surface area contributed by atoms with Gasteiger partial charge in [-0.25, -0.2) is 9.78 Å². The molecule has 2 heterocycles. The number of piperazine rings is 1. The molecular formula is C18H21FN4O. The molecule has 2 aromatic rings. The summed E-state index contributed by atoms with van der Waals surface area (Å²) in [6.07, 6.45) is 0. The first-order valence-electron chi connectivity index (χ1n) is 8.05. The lowest BCUT2D eigenvalue weighted by atomic mass is 10.2. The van der Waals surface area contributed by atoms with E-state index in [4.69, 9.17) is 0 Å². The summed E-state index contributed by atoms with van der Waals surface area (Å²) in [5.74, 6) is 0.126. The van der Waals surface area contributed by atoms with Crippen molar-refractivity contribution in [2.75, 3.05) is 29.9 Å². The standard InChI is InChI=1S/C18H21FN4O/c1-13-6-3-4-7-15(13)20-18(24)22-10-11-23(14(2)12-22)17-9-5-8-16(19)21-17/h3-9,14H,10-12H2,1-2H3,(H,20,24). The number of aryl methyl sites for hydroxylation is 1. The van der Waals surface area contributed by atoms with E-state index in [1.54, 1.807) is 17.0 Å². The van der Waals surface area contributed by atoms with Gasteiger partial charge in [0.05, 0.1) is 0 Å². The van der Waals surface area contributed by atoms with Crippen LogP contribution in [0.3, 0.4) is 0 Å². The van der Waals surface area contributed by atoms with Crippen LogP contribution in [0.15, 0.2) is 42.5 Å². The van der Waals surface area contributed by atoms with Crippen molar-refractivity contribution in [2.45, 2.75) is 19.9 Å². The number of rotatable bonds is 2. The molecule has 1 saturated heterocycles. The van der Waals surface area contributed by atoms with E-state index >= 15 is 0 Å². The predicted molar refractivity (Wildman–Crippen MR) is 92.8 cm³/mol. The van der Waals surface area contributed by atoms with Gasteiger partial charge in [-0.3, -0.25) is 0 Å². The van der Waals surface area contributed by atoms with Gasteiger partial charge >= 0.3 is 6.03 Å². The molecule has 1 atom stereocenters. The van der Waals surface area contributed by atoms with Gasteiger partial charge in [0.25, 0.3) is 0 Å². The van der Waals surface area contributed by atoms with Crippen LogP contribution in [0.4, 0.5) is 20.7 Å². The maximum absolute atomic E-state index is 13.3. The number of aromatic nitrogens is 1. The van der Waals surface area contributed by atoms with Gasteiger partial charge in [-0.05, 0) is 37.6 Å². The molecule has 1 aliphatic rings. The number of benzene rings is 1. The van der Waals surface area contributed by atoms with Gasteiger partial charge in [-0.15, -0.1) is 0 Å². The number of urea groups is 1. The van der Waals surface area contributed by atoms with Crippen LogP contribution in [0.25, 0.3) is 0 Å². The van der Waals surface area contributed by atoms with E-state index in [1.165, 1.54) is 6.07 Å². The van der Waals surface area contributed by atoms with Crippen LogP contribution in [-0.4, -0.2) is 41.6 Å². The fraction of sp³-hybridized carbons (Fsp3) is 0.333. The number of amides is 2. The van der Waals surface area contributed by atoms with Gasteiger partial charge in [0, 0.05) is 31.4 Å². The number of para-hydroxylation sites is 1.